The number of nitrogens with two attached hydrogens (primary N) is 1. The van der Waals surface area contributed by atoms with E-state index in [1.54, 1.807) is 0 Å². The van der Waals surface area contributed by atoms with Gasteiger partial charge in [0.2, 0.25) is 0 Å². The number of nitrogens with one attached hydrogen (secondary N) is 2. The molecule has 2 unspecified atom stereocenters. The second-order valence-electron chi connectivity index (χ2n) is 8.00. The third-order valence-corrected chi connectivity index (χ3v) is 6.30. The molecule has 0 spiro atoms. The molecule has 4 N–H and O–H groups in total. The summed E-state index contributed by atoms with van der Waals surface area (Å²) in [5, 5.41) is 6.49. The molecule has 4 bridgehead atoms. The van der Waals surface area contributed by atoms with Crippen molar-refractivity contribution < 1.29 is 4.79 Å². The van der Waals surface area contributed by atoms with Crippen molar-refractivity contribution in [3.05, 3.63) is 0 Å². The van der Waals surface area contributed by atoms with Crippen LogP contribution in [0, 0.1) is 17.8 Å². The van der Waals surface area contributed by atoms with Gasteiger partial charge in [0.25, 0.3) is 0 Å². The predicted octanol–water partition coefficient (Wildman–Crippen LogP) is 2.13. The third kappa shape index (κ3) is 2.22. The summed E-state index contributed by atoms with van der Waals surface area (Å²) >= 11 is 0. The maximum absolute atomic E-state index is 12.4. The van der Waals surface area contributed by atoms with E-state index in [0.29, 0.717) is 0 Å². The van der Waals surface area contributed by atoms with Crippen molar-refractivity contribution in [2.24, 2.45) is 23.5 Å². The first-order valence-corrected chi connectivity index (χ1v) is 8.46. The first kappa shape index (κ1) is 12.9. The van der Waals surface area contributed by atoms with E-state index in [0.717, 1.165) is 37.0 Å². The summed E-state index contributed by atoms with van der Waals surface area (Å²) in [6.07, 6.45) is 11.1. The van der Waals surface area contributed by atoms with Gasteiger partial charge >= 0.3 is 6.03 Å². The average Bonchev–Trinajstić information content (AvgIpc) is 2.72. The van der Waals surface area contributed by atoms with E-state index in [2.05, 4.69) is 10.6 Å². The molecule has 5 saturated carbocycles. The standard InChI is InChI=1S/C16H27N3O/c17-13-2-1-3-14(13)18-15(20)19-16-7-10-4-11(8-16)6-12(5-10)9-16/h10-14H,1-9,17H2,(H2,18,19,20). The second-order valence-corrected chi connectivity index (χ2v) is 8.00. The van der Waals surface area contributed by atoms with E-state index in [1.807, 2.05) is 0 Å². The fourth-order valence-corrected chi connectivity index (χ4v) is 5.88. The molecule has 5 fully saturated rings. The van der Waals surface area contributed by atoms with E-state index < -0.39 is 0 Å². The maximum atomic E-state index is 12.4. The van der Waals surface area contributed by atoms with Crippen molar-refractivity contribution in [2.45, 2.75) is 75.4 Å². The molecule has 5 aliphatic carbocycles. The van der Waals surface area contributed by atoms with Gasteiger partial charge in [-0.05, 0) is 75.5 Å². The highest BCUT2D eigenvalue weighted by molar-refractivity contribution is 5.75. The minimum atomic E-state index is 0.0364. The first-order valence-electron chi connectivity index (χ1n) is 8.46. The quantitative estimate of drug-likeness (QED) is 0.724. The van der Waals surface area contributed by atoms with Crippen molar-refractivity contribution in [3.63, 3.8) is 0 Å². The van der Waals surface area contributed by atoms with Gasteiger partial charge in [0.1, 0.15) is 0 Å². The van der Waals surface area contributed by atoms with E-state index in [-0.39, 0.29) is 23.7 Å². The predicted molar refractivity (Wildman–Crippen MR) is 78.2 cm³/mol. The highest BCUT2D eigenvalue weighted by Crippen LogP contribution is 2.55. The van der Waals surface area contributed by atoms with Crippen molar-refractivity contribution in [1.82, 2.24) is 10.6 Å². The van der Waals surface area contributed by atoms with Crippen molar-refractivity contribution in [3.8, 4) is 0 Å². The molecule has 2 amide bonds. The van der Waals surface area contributed by atoms with Crippen LogP contribution in [-0.4, -0.2) is 23.7 Å². The third-order valence-electron chi connectivity index (χ3n) is 6.30. The summed E-state index contributed by atoms with van der Waals surface area (Å²) in [4.78, 5) is 12.4. The Morgan fingerprint density at radius 2 is 1.60 bits per heavy atom. The fraction of sp³-hybridized carbons (Fsp3) is 0.938. The summed E-state index contributed by atoms with van der Waals surface area (Å²) in [5.74, 6) is 2.61. The molecular weight excluding hydrogens is 250 g/mol. The molecule has 4 nitrogen and oxygen atoms in total. The SMILES string of the molecule is NC1CCCC1NC(=O)NC12CC3CC(CC(C3)C1)C2. The van der Waals surface area contributed by atoms with Crippen molar-refractivity contribution >= 4 is 6.03 Å². The van der Waals surface area contributed by atoms with Crippen LogP contribution in [0.4, 0.5) is 4.79 Å². The minimum Gasteiger partial charge on any atom is -0.334 e. The Bertz CT molecular complexity index is 373. The zero-order chi connectivity index (χ0) is 13.7. The first-order chi connectivity index (χ1) is 9.62. The van der Waals surface area contributed by atoms with Crippen LogP contribution in [0.3, 0.4) is 0 Å². The highest BCUT2D eigenvalue weighted by atomic mass is 16.2. The molecular formula is C16H27N3O. The van der Waals surface area contributed by atoms with Crippen LogP contribution in [0.5, 0.6) is 0 Å². The molecule has 112 valence electrons. The number of hydrogen-bond donors (Lipinski definition) is 3. The lowest BCUT2D eigenvalue weighted by molar-refractivity contribution is -0.0136. The lowest BCUT2D eigenvalue weighted by Gasteiger charge is -2.56. The van der Waals surface area contributed by atoms with Crippen LogP contribution in [0.15, 0.2) is 0 Å². The Hall–Kier alpha value is -0.770. The number of rotatable bonds is 2. The second kappa shape index (κ2) is 4.62. The van der Waals surface area contributed by atoms with Crippen LogP contribution < -0.4 is 16.4 Å². The molecule has 5 rings (SSSR count). The largest absolute Gasteiger partial charge is 0.334 e. The smallest absolute Gasteiger partial charge is 0.315 e. The molecule has 4 heteroatoms. The van der Waals surface area contributed by atoms with Gasteiger partial charge in [-0.1, -0.05) is 0 Å². The van der Waals surface area contributed by atoms with Gasteiger partial charge in [0.15, 0.2) is 0 Å². The Labute approximate surface area is 121 Å². The summed E-state index contributed by atoms with van der Waals surface area (Å²) in [6.45, 7) is 0. The number of carbonyl (C=O) groups excluding carboxylic acids is 1. The van der Waals surface area contributed by atoms with Gasteiger partial charge < -0.3 is 16.4 Å². The number of carbonyl (C=O) groups is 1. The molecule has 0 aromatic rings. The summed E-state index contributed by atoms with van der Waals surface area (Å²) in [5.41, 5.74) is 6.16. The maximum Gasteiger partial charge on any atom is 0.315 e. The summed E-state index contributed by atoms with van der Waals surface area (Å²) in [6, 6.07) is 0.371. The summed E-state index contributed by atoms with van der Waals surface area (Å²) < 4.78 is 0. The molecule has 20 heavy (non-hydrogen) atoms. The lowest BCUT2D eigenvalue weighted by atomic mass is 9.53. The van der Waals surface area contributed by atoms with E-state index in [1.165, 1.54) is 38.5 Å². The highest BCUT2D eigenvalue weighted by Gasteiger charge is 2.51. The van der Waals surface area contributed by atoms with E-state index in [4.69, 9.17) is 5.73 Å². The van der Waals surface area contributed by atoms with Gasteiger partial charge in [0, 0.05) is 17.6 Å². The Kier molecular flexibility index (Phi) is 2.99. The molecule has 2 atom stereocenters. The topological polar surface area (TPSA) is 67.1 Å². The van der Waals surface area contributed by atoms with Gasteiger partial charge in [-0.15, -0.1) is 0 Å². The molecule has 5 aliphatic rings. The monoisotopic (exact) mass is 277 g/mol. The van der Waals surface area contributed by atoms with Crippen molar-refractivity contribution in [1.29, 1.82) is 0 Å². The zero-order valence-electron chi connectivity index (χ0n) is 12.2. The van der Waals surface area contributed by atoms with E-state index >= 15 is 0 Å². The molecule has 0 aromatic heterocycles. The van der Waals surface area contributed by atoms with Crippen LogP contribution in [0.2, 0.25) is 0 Å². The van der Waals surface area contributed by atoms with Crippen LogP contribution in [-0.2, 0) is 0 Å². The fourth-order valence-electron chi connectivity index (χ4n) is 5.88. The van der Waals surface area contributed by atoms with E-state index in [9.17, 15) is 4.79 Å². The van der Waals surface area contributed by atoms with Gasteiger partial charge in [-0.25, -0.2) is 4.79 Å². The normalized spacial score (nSPS) is 49.4. The zero-order valence-corrected chi connectivity index (χ0v) is 12.2. The molecule has 0 aromatic carbocycles. The molecule has 0 saturated heterocycles. The van der Waals surface area contributed by atoms with Crippen LogP contribution in [0.25, 0.3) is 0 Å². The molecule has 0 heterocycles. The lowest BCUT2D eigenvalue weighted by Crippen LogP contribution is -2.62. The minimum absolute atomic E-state index is 0.0364. The van der Waals surface area contributed by atoms with Crippen LogP contribution >= 0.6 is 0 Å². The van der Waals surface area contributed by atoms with Gasteiger partial charge in [-0.2, -0.15) is 0 Å². The Balaban J connectivity index is 1.39. The number of urea groups is 1. The summed E-state index contributed by atoms with van der Waals surface area (Å²) in [7, 11) is 0. The van der Waals surface area contributed by atoms with Crippen LogP contribution in [0.1, 0.15) is 57.8 Å². The van der Waals surface area contributed by atoms with Gasteiger partial charge in [-0.3, -0.25) is 0 Å². The Morgan fingerprint density at radius 1 is 1.00 bits per heavy atom. The van der Waals surface area contributed by atoms with Crippen molar-refractivity contribution in [2.75, 3.05) is 0 Å². The molecule has 0 radical (unpaired) electrons. The number of amides is 2. The average molecular weight is 277 g/mol. The number of hydrogen-bond acceptors (Lipinski definition) is 2. The Morgan fingerprint density at radius 3 is 2.10 bits per heavy atom. The van der Waals surface area contributed by atoms with Gasteiger partial charge in [0.05, 0.1) is 0 Å². The molecule has 0 aliphatic heterocycles.